The number of fused-ring (bicyclic) bond motifs is 1. The van der Waals surface area contributed by atoms with Crippen molar-refractivity contribution >= 4 is 26.8 Å². The third-order valence-corrected chi connectivity index (χ3v) is 8.41. The first-order chi connectivity index (χ1) is 18.3. The molecule has 3 aromatic rings. The summed E-state index contributed by atoms with van der Waals surface area (Å²) in [6, 6.07) is 13.6. The van der Waals surface area contributed by atoms with Gasteiger partial charge < -0.3 is 24.1 Å². The first-order valence-corrected chi connectivity index (χ1v) is 14.4. The summed E-state index contributed by atoms with van der Waals surface area (Å²) in [5.74, 6) is 0.903. The monoisotopic (exact) mass is 545 g/mol. The SMILES string of the molecule is CCCCS(=O)(=O)N(CCOC)CC(=O)N(CCc1c[nH]c2ccccc12)Cc1ccc(OC)c(OC)c1. The quantitative estimate of drug-likeness (QED) is 0.294. The van der Waals surface area contributed by atoms with E-state index in [4.69, 9.17) is 14.2 Å². The van der Waals surface area contributed by atoms with Crippen molar-refractivity contribution < 1.29 is 27.4 Å². The number of ether oxygens (including phenoxy) is 3. The van der Waals surface area contributed by atoms with Gasteiger partial charge in [0.15, 0.2) is 11.5 Å². The van der Waals surface area contributed by atoms with Gasteiger partial charge in [0.1, 0.15) is 0 Å². The van der Waals surface area contributed by atoms with Crippen molar-refractivity contribution in [2.24, 2.45) is 0 Å². The van der Waals surface area contributed by atoms with Crippen LogP contribution in [0.15, 0.2) is 48.7 Å². The molecule has 0 aliphatic heterocycles. The summed E-state index contributed by atoms with van der Waals surface area (Å²) in [5.41, 5.74) is 2.98. The summed E-state index contributed by atoms with van der Waals surface area (Å²) in [6.07, 6.45) is 3.87. The highest BCUT2D eigenvalue weighted by Gasteiger charge is 2.27. The maximum Gasteiger partial charge on any atom is 0.238 e. The maximum atomic E-state index is 13.7. The van der Waals surface area contributed by atoms with Gasteiger partial charge in [-0.05, 0) is 42.2 Å². The van der Waals surface area contributed by atoms with E-state index in [0.29, 0.717) is 37.4 Å². The second kappa shape index (κ2) is 14.2. The normalized spacial score (nSPS) is 11.7. The molecule has 0 aliphatic carbocycles. The maximum absolute atomic E-state index is 13.7. The largest absolute Gasteiger partial charge is 0.493 e. The second-order valence-electron chi connectivity index (χ2n) is 9.11. The van der Waals surface area contributed by atoms with Crippen LogP contribution in [-0.2, 0) is 32.5 Å². The highest BCUT2D eigenvalue weighted by atomic mass is 32.2. The molecule has 3 rings (SSSR count). The number of H-pyrrole nitrogens is 1. The van der Waals surface area contributed by atoms with Crippen molar-refractivity contribution in [2.75, 3.05) is 53.3 Å². The molecule has 0 saturated heterocycles. The van der Waals surface area contributed by atoms with Gasteiger partial charge in [-0.25, -0.2) is 8.42 Å². The molecule has 1 heterocycles. The minimum atomic E-state index is -3.60. The van der Waals surface area contributed by atoms with E-state index in [1.54, 1.807) is 25.2 Å². The Kier molecular flexibility index (Phi) is 11.0. The molecule has 0 fully saturated rings. The van der Waals surface area contributed by atoms with E-state index < -0.39 is 10.0 Å². The van der Waals surface area contributed by atoms with E-state index in [1.807, 2.05) is 43.5 Å². The number of carbonyl (C=O) groups is 1. The van der Waals surface area contributed by atoms with Crippen molar-refractivity contribution in [2.45, 2.75) is 32.7 Å². The van der Waals surface area contributed by atoms with E-state index in [1.165, 1.54) is 11.4 Å². The number of amides is 1. The molecular formula is C28H39N3O6S. The predicted octanol–water partition coefficient (Wildman–Crippen LogP) is 3.83. The predicted molar refractivity (Wildman–Crippen MR) is 149 cm³/mol. The first-order valence-electron chi connectivity index (χ1n) is 12.8. The minimum Gasteiger partial charge on any atom is -0.493 e. The Morgan fingerprint density at radius 1 is 1.00 bits per heavy atom. The Bertz CT molecular complexity index is 1290. The fourth-order valence-electron chi connectivity index (χ4n) is 4.30. The van der Waals surface area contributed by atoms with Crippen LogP contribution in [0.5, 0.6) is 11.5 Å². The number of methoxy groups -OCH3 is 3. The number of nitrogens with zero attached hydrogens (tertiary/aromatic N) is 2. The molecule has 1 amide bonds. The average Bonchev–Trinajstić information content (AvgIpc) is 3.34. The number of nitrogens with one attached hydrogen (secondary N) is 1. The molecule has 0 spiro atoms. The van der Waals surface area contributed by atoms with Crippen LogP contribution in [-0.4, -0.2) is 81.8 Å². The molecule has 0 bridgehead atoms. The topological polar surface area (TPSA) is 101 Å². The molecule has 0 radical (unpaired) electrons. The Labute approximate surface area is 225 Å². The fraction of sp³-hybridized carbons (Fsp3) is 0.464. The number of aromatic amines is 1. The number of unbranched alkanes of at least 4 members (excludes halogenated alkanes) is 1. The molecule has 208 valence electrons. The number of sulfonamides is 1. The lowest BCUT2D eigenvalue weighted by atomic mass is 10.1. The molecular weight excluding hydrogens is 506 g/mol. The van der Waals surface area contributed by atoms with Gasteiger partial charge in [0.05, 0.1) is 33.1 Å². The van der Waals surface area contributed by atoms with Gasteiger partial charge in [0.25, 0.3) is 0 Å². The molecule has 2 aromatic carbocycles. The third kappa shape index (κ3) is 7.72. The van der Waals surface area contributed by atoms with Crippen LogP contribution in [0.4, 0.5) is 0 Å². The minimum absolute atomic E-state index is 0.00547. The molecule has 1 N–H and O–H groups in total. The highest BCUT2D eigenvalue weighted by molar-refractivity contribution is 7.89. The fourth-order valence-corrected chi connectivity index (χ4v) is 5.87. The number of rotatable bonds is 16. The lowest BCUT2D eigenvalue weighted by molar-refractivity contribution is -0.132. The number of aromatic nitrogens is 1. The zero-order valence-electron chi connectivity index (χ0n) is 22.7. The van der Waals surface area contributed by atoms with Gasteiger partial charge in [-0.1, -0.05) is 37.6 Å². The van der Waals surface area contributed by atoms with Crippen molar-refractivity contribution in [3.63, 3.8) is 0 Å². The summed E-state index contributed by atoms with van der Waals surface area (Å²) in [6.45, 7) is 2.76. The van der Waals surface area contributed by atoms with E-state index >= 15 is 0 Å². The van der Waals surface area contributed by atoms with Crippen LogP contribution in [0.1, 0.15) is 30.9 Å². The summed E-state index contributed by atoms with van der Waals surface area (Å²) >= 11 is 0. The second-order valence-corrected chi connectivity index (χ2v) is 11.2. The van der Waals surface area contributed by atoms with Crippen molar-refractivity contribution in [3.8, 4) is 11.5 Å². The van der Waals surface area contributed by atoms with Crippen molar-refractivity contribution in [3.05, 3.63) is 59.8 Å². The van der Waals surface area contributed by atoms with Gasteiger partial charge in [0.2, 0.25) is 15.9 Å². The van der Waals surface area contributed by atoms with E-state index in [2.05, 4.69) is 11.1 Å². The van der Waals surface area contributed by atoms with Crippen LogP contribution in [0.25, 0.3) is 10.9 Å². The van der Waals surface area contributed by atoms with Gasteiger partial charge >= 0.3 is 0 Å². The summed E-state index contributed by atoms with van der Waals surface area (Å²) < 4.78 is 43.2. The van der Waals surface area contributed by atoms with Gasteiger partial charge in [-0.3, -0.25) is 4.79 Å². The summed E-state index contributed by atoms with van der Waals surface area (Å²) in [7, 11) is 1.05. The van der Waals surface area contributed by atoms with E-state index in [9.17, 15) is 13.2 Å². The van der Waals surface area contributed by atoms with Crippen LogP contribution < -0.4 is 9.47 Å². The number of para-hydroxylation sites is 1. The van der Waals surface area contributed by atoms with Crippen LogP contribution in [0.3, 0.4) is 0 Å². The standard InChI is InChI=1S/C28H39N3O6S/c1-5-6-17-38(33,34)31(15-16-35-2)21-28(32)30(20-22-11-12-26(36-3)27(18-22)37-4)14-13-23-19-29-25-10-8-7-9-24(23)25/h7-12,18-19,29H,5-6,13-17,20-21H2,1-4H3. The average molecular weight is 546 g/mol. The summed E-state index contributed by atoms with van der Waals surface area (Å²) in [4.78, 5) is 18.6. The highest BCUT2D eigenvalue weighted by Crippen LogP contribution is 2.28. The molecule has 9 nitrogen and oxygen atoms in total. The molecule has 10 heteroatoms. The van der Waals surface area contributed by atoms with Gasteiger partial charge in [0, 0.05) is 43.8 Å². The van der Waals surface area contributed by atoms with E-state index in [-0.39, 0.29) is 31.4 Å². The lowest BCUT2D eigenvalue weighted by Crippen LogP contribution is -2.45. The first kappa shape index (κ1) is 29.5. The molecule has 0 unspecified atom stereocenters. The van der Waals surface area contributed by atoms with Crippen molar-refractivity contribution in [1.29, 1.82) is 0 Å². The summed E-state index contributed by atoms with van der Waals surface area (Å²) in [5, 5.41) is 1.11. The number of hydrogen-bond acceptors (Lipinski definition) is 6. The number of carbonyl (C=O) groups excluding carboxylic acids is 1. The molecule has 1 aromatic heterocycles. The molecule has 0 atom stereocenters. The lowest BCUT2D eigenvalue weighted by Gasteiger charge is -2.27. The zero-order valence-corrected chi connectivity index (χ0v) is 23.6. The van der Waals surface area contributed by atoms with Gasteiger partial charge in [-0.2, -0.15) is 4.31 Å². The Morgan fingerprint density at radius 2 is 1.76 bits per heavy atom. The number of hydrogen-bond donors (Lipinski definition) is 1. The zero-order chi connectivity index (χ0) is 27.5. The smallest absolute Gasteiger partial charge is 0.238 e. The number of benzene rings is 2. The Hall–Kier alpha value is -3.08. The molecule has 0 saturated carbocycles. The third-order valence-electron chi connectivity index (χ3n) is 6.51. The van der Waals surface area contributed by atoms with Crippen LogP contribution >= 0.6 is 0 Å². The Morgan fingerprint density at radius 3 is 2.47 bits per heavy atom. The van der Waals surface area contributed by atoms with Crippen LogP contribution in [0.2, 0.25) is 0 Å². The van der Waals surface area contributed by atoms with Crippen LogP contribution in [0, 0.1) is 0 Å². The van der Waals surface area contributed by atoms with Gasteiger partial charge in [-0.15, -0.1) is 0 Å². The van der Waals surface area contributed by atoms with E-state index in [0.717, 1.165) is 28.5 Å². The Balaban J connectivity index is 1.85. The molecule has 38 heavy (non-hydrogen) atoms. The molecule has 0 aliphatic rings. The van der Waals surface area contributed by atoms with Crippen molar-refractivity contribution in [1.82, 2.24) is 14.2 Å².